The second-order valence-corrected chi connectivity index (χ2v) is 16.2. The number of piperazine rings is 1. The van der Waals surface area contributed by atoms with Crippen LogP contribution in [0.1, 0.15) is 95.6 Å². The lowest BCUT2D eigenvalue weighted by Crippen LogP contribution is -2.49. The van der Waals surface area contributed by atoms with Gasteiger partial charge in [0.1, 0.15) is 5.75 Å². The predicted octanol–water partition coefficient (Wildman–Crippen LogP) is 7.68. The van der Waals surface area contributed by atoms with Gasteiger partial charge >= 0.3 is 0 Å². The van der Waals surface area contributed by atoms with Crippen LogP contribution in [-0.4, -0.2) is 64.1 Å². The van der Waals surface area contributed by atoms with Crippen LogP contribution in [0.5, 0.6) is 5.75 Å². The number of benzene rings is 2. The summed E-state index contributed by atoms with van der Waals surface area (Å²) in [4.78, 5) is 30.4. The lowest BCUT2D eigenvalue weighted by atomic mass is 9.79. The van der Waals surface area contributed by atoms with Crippen molar-refractivity contribution in [2.45, 2.75) is 100 Å². The van der Waals surface area contributed by atoms with E-state index in [0.717, 1.165) is 61.4 Å². The minimum absolute atomic E-state index is 0.0791. The van der Waals surface area contributed by atoms with E-state index < -0.39 is 0 Å². The summed E-state index contributed by atoms with van der Waals surface area (Å²) in [6.45, 7) is 17.7. The van der Waals surface area contributed by atoms with Gasteiger partial charge < -0.3 is 14.9 Å². The van der Waals surface area contributed by atoms with Crippen LogP contribution in [0, 0.1) is 0 Å². The Morgan fingerprint density at radius 1 is 0.854 bits per heavy atom. The van der Waals surface area contributed by atoms with E-state index >= 15 is 0 Å². The summed E-state index contributed by atoms with van der Waals surface area (Å²) in [5, 5.41) is 12.1. The molecule has 1 amide bonds. The number of nitrogens with zero attached hydrogens (tertiary/aromatic N) is 2. The van der Waals surface area contributed by atoms with Crippen LogP contribution in [0.25, 0.3) is 0 Å². The molecule has 2 aromatic carbocycles. The Bertz CT molecular complexity index is 1190. The van der Waals surface area contributed by atoms with Gasteiger partial charge in [0.05, 0.1) is 5.75 Å². The van der Waals surface area contributed by atoms with Gasteiger partial charge in [0.15, 0.2) is 5.78 Å². The van der Waals surface area contributed by atoms with Crippen molar-refractivity contribution in [3.05, 3.63) is 53.1 Å². The van der Waals surface area contributed by atoms with E-state index in [1.54, 1.807) is 6.92 Å². The molecule has 2 atom stereocenters. The summed E-state index contributed by atoms with van der Waals surface area (Å²) >= 11 is 3.79. The fraction of sp³-hybridized carbons (Fsp3) is 0.588. The van der Waals surface area contributed by atoms with Crippen molar-refractivity contribution < 1.29 is 14.7 Å². The molecule has 2 aromatic rings. The average Bonchev–Trinajstić information content (AvgIpc) is 2.92. The first kappa shape index (κ1) is 31.8. The van der Waals surface area contributed by atoms with Crippen LogP contribution in [0.2, 0.25) is 0 Å². The number of aromatic hydroxyl groups is 1. The van der Waals surface area contributed by atoms with E-state index in [9.17, 15) is 14.7 Å². The van der Waals surface area contributed by atoms with E-state index in [0.29, 0.717) is 22.0 Å². The summed E-state index contributed by atoms with van der Waals surface area (Å²) in [6.07, 6.45) is 4.76. The van der Waals surface area contributed by atoms with Crippen molar-refractivity contribution >= 4 is 40.9 Å². The molecule has 224 valence electrons. The number of hydrogen-bond acceptors (Lipinski definition) is 6. The summed E-state index contributed by atoms with van der Waals surface area (Å²) < 4.78 is 0. The number of Topliss-reactive ketones (excluding diaryl/α,β-unsaturated/α-hetero) is 1. The summed E-state index contributed by atoms with van der Waals surface area (Å²) in [6, 6.07) is 12.2. The topological polar surface area (TPSA) is 60.9 Å². The molecule has 0 bridgehead atoms. The first-order chi connectivity index (χ1) is 19.2. The highest BCUT2D eigenvalue weighted by Gasteiger charge is 2.31. The van der Waals surface area contributed by atoms with E-state index in [2.05, 4.69) is 58.6 Å². The maximum atomic E-state index is 13.2. The van der Waals surface area contributed by atoms with Crippen molar-refractivity contribution in [2.24, 2.45) is 0 Å². The van der Waals surface area contributed by atoms with Crippen LogP contribution in [0.4, 0.5) is 5.69 Å². The molecule has 1 heterocycles. The molecular weight excluding hydrogens is 549 g/mol. The number of phenols is 1. The number of amides is 1. The van der Waals surface area contributed by atoms with Gasteiger partial charge in [-0.15, -0.1) is 23.5 Å². The highest BCUT2D eigenvalue weighted by molar-refractivity contribution is 8.04. The second kappa shape index (κ2) is 13.0. The monoisotopic (exact) mass is 596 g/mol. The highest BCUT2D eigenvalue weighted by Crippen LogP contribution is 2.45. The summed E-state index contributed by atoms with van der Waals surface area (Å²) in [5.41, 5.74) is 3.57. The largest absolute Gasteiger partial charge is 0.507 e. The maximum Gasteiger partial charge on any atom is 0.232 e. The predicted molar refractivity (Wildman–Crippen MR) is 175 cm³/mol. The van der Waals surface area contributed by atoms with Crippen molar-refractivity contribution in [1.82, 2.24) is 4.90 Å². The zero-order chi connectivity index (χ0) is 29.9. The van der Waals surface area contributed by atoms with Crippen LogP contribution >= 0.6 is 23.5 Å². The van der Waals surface area contributed by atoms with Crippen LogP contribution < -0.4 is 4.90 Å². The lowest BCUT2D eigenvalue weighted by molar-refractivity contribution is -0.128. The molecule has 5 nitrogen and oxygen atoms in total. The number of carbonyl (C=O) groups excluding carboxylic acids is 2. The van der Waals surface area contributed by atoms with Crippen molar-refractivity contribution in [3.8, 4) is 5.75 Å². The standard InChI is InChI=1S/C34H48N2O3S2/c1-23(37)24-12-14-25(15-13-24)35-16-18-36(19-17-35)31(38)22-40-29-10-8-9-11-30(29)41-26-20-27(33(2,3)4)32(39)28(21-26)34(5,6)7/h12-15,20-21,29-30,39H,8-11,16-19,22H2,1-7H3/t29-,30-/m1/s1. The zero-order valence-corrected chi connectivity index (χ0v) is 27.6. The molecule has 0 aromatic heterocycles. The summed E-state index contributed by atoms with van der Waals surface area (Å²) in [7, 11) is 0. The zero-order valence-electron chi connectivity index (χ0n) is 26.0. The molecule has 1 N–H and O–H groups in total. The Kier molecular flexibility index (Phi) is 10.1. The molecule has 1 aliphatic carbocycles. The van der Waals surface area contributed by atoms with Gasteiger partial charge in [-0.3, -0.25) is 9.59 Å². The Hall–Kier alpha value is -2.12. The van der Waals surface area contributed by atoms with Crippen molar-refractivity contribution in [1.29, 1.82) is 0 Å². The molecule has 7 heteroatoms. The highest BCUT2D eigenvalue weighted by atomic mass is 32.2. The smallest absolute Gasteiger partial charge is 0.232 e. The molecule has 1 saturated carbocycles. The average molecular weight is 597 g/mol. The molecule has 1 saturated heterocycles. The Labute approximate surface area is 255 Å². The molecule has 0 spiro atoms. The van der Waals surface area contributed by atoms with Gasteiger partial charge in [-0.05, 0) is 67.0 Å². The third-order valence-corrected chi connectivity index (χ3v) is 11.3. The van der Waals surface area contributed by atoms with Crippen LogP contribution in [0.3, 0.4) is 0 Å². The third-order valence-electron chi connectivity index (χ3n) is 8.32. The van der Waals surface area contributed by atoms with E-state index in [1.807, 2.05) is 52.7 Å². The number of phenolic OH excluding ortho intramolecular Hbond substituents is 1. The molecule has 0 unspecified atom stereocenters. The first-order valence-electron chi connectivity index (χ1n) is 15.0. The number of anilines is 1. The Morgan fingerprint density at radius 2 is 1.39 bits per heavy atom. The minimum Gasteiger partial charge on any atom is -0.507 e. The van der Waals surface area contributed by atoms with Gasteiger partial charge in [0.2, 0.25) is 5.91 Å². The van der Waals surface area contributed by atoms with Crippen molar-refractivity contribution in [2.75, 3.05) is 36.8 Å². The quantitative estimate of drug-likeness (QED) is 0.331. The molecule has 0 radical (unpaired) electrons. The second-order valence-electron chi connectivity index (χ2n) is 13.6. The van der Waals surface area contributed by atoms with Crippen LogP contribution in [0.15, 0.2) is 41.3 Å². The fourth-order valence-electron chi connectivity index (χ4n) is 5.77. The van der Waals surface area contributed by atoms with Gasteiger partial charge in [0, 0.05) is 64.0 Å². The number of ketones is 1. The Balaban J connectivity index is 1.36. The first-order valence-corrected chi connectivity index (χ1v) is 17.0. The van der Waals surface area contributed by atoms with E-state index in [-0.39, 0.29) is 22.5 Å². The number of thioether (sulfide) groups is 2. The van der Waals surface area contributed by atoms with Gasteiger partial charge in [-0.25, -0.2) is 0 Å². The third kappa shape index (κ3) is 8.04. The van der Waals surface area contributed by atoms with Crippen LogP contribution in [-0.2, 0) is 15.6 Å². The molecule has 4 rings (SSSR count). The summed E-state index contributed by atoms with van der Waals surface area (Å²) in [5.74, 6) is 1.29. The molecule has 1 aliphatic heterocycles. The minimum atomic E-state index is -0.143. The SMILES string of the molecule is CC(=O)c1ccc(N2CCN(C(=O)CS[C@@H]3CCCC[C@H]3Sc3cc(C(C)(C)C)c(O)c(C(C)(C)C)c3)CC2)cc1. The molecule has 2 fully saturated rings. The molecule has 41 heavy (non-hydrogen) atoms. The van der Waals surface area contributed by atoms with E-state index in [4.69, 9.17) is 0 Å². The lowest BCUT2D eigenvalue weighted by Gasteiger charge is -2.37. The normalized spacial score (nSPS) is 20.3. The number of carbonyl (C=O) groups is 2. The van der Waals surface area contributed by atoms with Crippen molar-refractivity contribution in [3.63, 3.8) is 0 Å². The van der Waals surface area contributed by atoms with Gasteiger partial charge in [-0.1, -0.05) is 54.4 Å². The molecule has 2 aliphatic rings. The number of hydrogen-bond donors (Lipinski definition) is 1. The number of rotatable bonds is 7. The maximum absolute atomic E-state index is 13.2. The van der Waals surface area contributed by atoms with E-state index in [1.165, 1.54) is 17.7 Å². The van der Waals surface area contributed by atoms with Gasteiger partial charge in [0.25, 0.3) is 0 Å². The molecular formula is C34H48N2O3S2. The Morgan fingerprint density at radius 3 is 1.90 bits per heavy atom. The van der Waals surface area contributed by atoms with Gasteiger partial charge in [-0.2, -0.15) is 0 Å². The fourth-order valence-corrected chi connectivity index (χ4v) is 8.69.